The molecule has 0 aliphatic rings. The average molecular weight is 336 g/mol. The highest BCUT2D eigenvalue weighted by atomic mass is 16.6. The van der Waals surface area contributed by atoms with Crippen LogP contribution in [0.3, 0.4) is 0 Å². The maximum atomic E-state index is 11.5. The third kappa shape index (κ3) is 9.15. The molecule has 0 bridgehead atoms. The molecule has 0 aliphatic carbocycles. The molecule has 0 saturated heterocycles. The van der Waals surface area contributed by atoms with E-state index in [0.29, 0.717) is 32.4 Å². The number of rotatable bonds is 9. The summed E-state index contributed by atoms with van der Waals surface area (Å²) < 4.78 is 5.13. The van der Waals surface area contributed by atoms with Gasteiger partial charge < -0.3 is 20.5 Å². The van der Waals surface area contributed by atoms with Crippen LogP contribution in [0.25, 0.3) is 0 Å². The van der Waals surface area contributed by atoms with Crippen molar-refractivity contribution in [2.24, 2.45) is 0 Å². The number of hydrogen-bond donors (Lipinski definition) is 3. The number of carboxylic acids is 1. The van der Waals surface area contributed by atoms with Gasteiger partial charge in [-0.05, 0) is 45.6 Å². The second-order valence-electron chi connectivity index (χ2n) is 6.68. The molecule has 0 fully saturated rings. The second-order valence-corrected chi connectivity index (χ2v) is 6.68. The fourth-order valence-corrected chi connectivity index (χ4v) is 2.13. The number of ether oxygens (including phenoxy) is 1. The van der Waals surface area contributed by atoms with Crippen molar-refractivity contribution in [3.63, 3.8) is 0 Å². The standard InChI is InChI=1S/C18H28N2O4/c1-18(2,3)24-17(23)19-12-8-7-11-15(16(21)22)20-13-14-9-5-4-6-10-14/h4-6,9-10,15,20H,7-8,11-13H2,1-3H3,(H,19,23)(H,21,22)/t15-/m1/s1. The molecular weight excluding hydrogens is 308 g/mol. The van der Waals surface area contributed by atoms with Crippen molar-refractivity contribution >= 4 is 12.1 Å². The lowest BCUT2D eigenvalue weighted by molar-refractivity contribution is -0.139. The highest BCUT2D eigenvalue weighted by molar-refractivity contribution is 5.73. The molecule has 6 nitrogen and oxygen atoms in total. The largest absolute Gasteiger partial charge is 0.480 e. The van der Waals surface area contributed by atoms with Gasteiger partial charge in [0, 0.05) is 13.1 Å². The van der Waals surface area contributed by atoms with Gasteiger partial charge in [0.15, 0.2) is 0 Å². The first-order valence-electron chi connectivity index (χ1n) is 8.25. The number of hydrogen-bond acceptors (Lipinski definition) is 4. The Morgan fingerprint density at radius 2 is 1.83 bits per heavy atom. The lowest BCUT2D eigenvalue weighted by Gasteiger charge is -2.19. The summed E-state index contributed by atoms with van der Waals surface area (Å²) >= 11 is 0. The smallest absolute Gasteiger partial charge is 0.407 e. The molecular formula is C18H28N2O4. The number of carbonyl (C=O) groups is 2. The van der Waals surface area contributed by atoms with Crippen molar-refractivity contribution in [2.75, 3.05) is 6.54 Å². The van der Waals surface area contributed by atoms with Crippen molar-refractivity contribution < 1.29 is 19.4 Å². The summed E-state index contributed by atoms with van der Waals surface area (Å²) in [6.45, 7) is 6.42. The van der Waals surface area contributed by atoms with Crippen LogP contribution < -0.4 is 10.6 Å². The van der Waals surface area contributed by atoms with Crippen LogP contribution in [0.1, 0.15) is 45.6 Å². The van der Waals surface area contributed by atoms with Crippen molar-refractivity contribution in [1.29, 1.82) is 0 Å². The maximum absolute atomic E-state index is 11.5. The first-order chi connectivity index (χ1) is 11.3. The van der Waals surface area contributed by atoms with E-state index >= 15 is 0 Å². The van der Waals surface area contributed by atoms with Crippen LogP contribution in [-0.2, 0) is 16.1 Å². The fourth-order valence-electron chi connectivity index (χ4n) is 2.13. The van der Waals surface area contributed by atoms with Crippen molar-refractivity contribution in [1.82, 2.24) is 10.6 Å². The molecule has 0 aliphatic heterocycles. The fraction of sp³-hybridized carbons (Fsp3) is 0.556. The minimum atomic E-state index is -0.856. The molecule has 0 spiro atoms. The van der Waals surface area contributed by atoms with Gasteiger partial charge in [-0.1, -0.05) is 30.3 Å². The zero-order valence-corrected chi connectivity index (χ0v) is 14.7. The zero-order chi connectivity index (χ0) is 18.0. The van der Waals surface area contributed by atoms with E-state index in [1.807, 2.05) is 51.1 Å². The molecule has 1 aromatic carbocycles. The molecule has 1 amide bonds. The predicted molar refractivity (Wildman–Crippen MR) is 92.8 cm³/mol. The molecule has 134 valence electrons. The minimum Gasteiger partial charge on any atom is -0.480 e. The summed E-state index contributed by atoms with van der Waals surface area (Å²) in [6, 6.07) is 9.10. The number of alkyl carbamates (subject to hydrolysis) is 1. The molecule has 1 atom stereocenters. The van der Waals surface area contributed by atoms with Gasteiger partial charge in [0.25, 0.3) is 0 Å². The van der Waals surface area contributed by atoms with E-state index in [2.05, 4.69) is 10.6 Å². The van der Waals surface area contributed by atoms with Gasteiger partial charge in [-0.25, -0.2) is 4.79 Å². The van der Waals surface area contributed by atoms with E-state index in [9.17, 15) is 14.7 Å². The number of nitrogens with one attached hydrogen (secondary N) is 2. The van der Waals surface area contributed by atoms with Crippen LogP contribution in [0.4, 0.5) is 4.79 Å². The predicted octanol–water partition coefficient (Wildman–Crippen LogP) is 2.92. The van der Waals surface area contributed by atoms with Crippen LogP contribution in [0.15, 0.2) is 30.3 Å². The Hall–Kier alpha value is -2.08. The second kappa shape index (κ2) is 9.93. The number of amides is 1. The molecule has 0 saturated carbocycles. The topological polar surface area (TPSA) is 87.7 Å². The number of benzene rings is 1. The molecule has 6 heteroatoms. The number of aliphatic carboxylic acids is 1. The number of unbranched alkanes of at least 4 members (excludes halogenated alkanes) is 1. The quantitative estimate of drug-likeness (QED) is 0.604. The maximum Gasteiger partial charge on any atom is 0.407 e. The van der Waals surface area contributed by atoms with Gasteiger partial charge in [0.2, 0.25) is 0 Å². The molecule has 1 rings (SSSR count). The zero-order valence-electron chi connectivity index (χ0n) is 14.7. The van der Waals surface area contributed by atoms with Gasteiger partial charge in [-0.3, -0.25) is 4.79 Å². The van der Waals surface area contributed by atoms with Gasteiger partial charge in [-0.2, -0.15) is 0 Å². The van der Waals surface area contributed by atoms with Crippen LogP contribution in [0, 0.1) is 0 Å². The van der Waals surface area contributed by atoms with E-state index in [-0.39, 0.29) is 0 Å². The van der Waals surface area contributed by atoms with E-state index in [1.165, 1.54) is 0 Å². The normalized spacial score (nSPS) is 12.5. The van der Waals surface area contributed by atoms with E-state index in [1.54, 1.807) is 0 Å². The van der Waals surface area contributed by atoms with Crippen LogP contribution in [-0.4, -0.2) is 35.4 Å². The SMILES string of the molecule is CC(C)(C)OC(=O)NCCCC[C@@H](NCc1ccccc1)C(=O)O. The van der Waals surface area contributed by atoms with Gasteiger partial charge in [-0.15, -0.1) is 0 Å². The Kier molecular flexibility index (Phi) is 8.26. The van der Waals surface area contributed by atoms with Gasteiger partial charge in [0.1, 0.15) is 11.6 Å². The van der Waals surface area contributed by atoms with Crippen LogP contribution in [0.2, 0.25) is 0 Å². The van der Waals surface area contributed by atoms with Crippen molar-refractivity contribution in [2.45, 2.75) is 58.2 Å². The molecule has 24 heavy (non-hydrogen) atoms. The number of carbonyl (C=O) groups excluding carboxylic acids is 1. The lowest BCUT2D eigenvalue weighted by atomic mass is 10.1. The third-order valence-electron chi connectivity index (χ3n) is 3.28. The summed E-state index contributed by atoms with van der Waals surface area (Å²) in [5.74, 6) is -0.856. The lowest BCUT2D eigenvalue weighted by Crippen LogP contribution is -2.36. The summed E-state index contributed by atoms with van der Waals surface area (Å²) in [5, 5.41) is 15.0. The van der Waals surface area contributed by atoms with Crippen LogP contribution in [0.5, 0.6) is 0 Å². The number of carboxylic acid groups (broad SMARTS) is 1. The highest BCUT2D eigenvalue weighted by Crippen LogP contribution is 2.07. The van der Waals surface area contributed by atoms with E-state index < -0.39 is 23.7 Å². The first kappa shape index (κ1) is 20.0. The first-order valence-corrected chi connectivity index (χ1v) is 8.25. The average Bonchev–Trinajstić information content (AvgIpc) is 2.48. The van der Waals surface area contributed by atoms with Crippen molar-refractivity contribution in [3.05, 3.63) is 35.9 Å². The minimum absolute atomic E-state index is 0.445. The summed E-state index contributed by atoms with van der Waals surface area (Å²) in [5.41, 5.74) is 0.537. The van der Waals surface area contributed by atoms with Gasteiger partial charge in [0.05, 0.1) is 0 Å². The van der Waals surface area contributed by atoms with E-state index in [0.717, 1.165) is 5.56 Å². The molecule has 0 radical (unpaired) electrons. The molecule has 0 unspecified atom stereocenters. The monoisotopic (exact) mass is 336 g/mol. The van der Waals surface area contributed by atoms with E-state index in [4.69, 9.17) is 4.74 Å². The Balaban J connectivity index is 2.22. The summed E-state index contributed by atoms with van der Waals surface area (Å²) in [7, 11) is 0. The third-order valence-corrected chi connectivity index (χ3v) is 3.28. The Labute approximate surface area is 143 Å². The molecule has 0 heterocycles. The summed E-state index contributed by atoms with van der Waals surface area (Å²) in [4.78, 5) is 22.8. The van der Waals surface area contributed by atoms with Crippen LogP contribution >= 0.6 is 0 Å². The summed E-state index contributed by atoms with van der Waals surface area (Å²) in [6.07, 6.45) is 1.47. The van der Waals surface area contributed by atoms with Gasteiger partial charge >= 0.3 is 12.1 Å². The highest BCUT2D eigenvalue weighted by Gasteiger charge is 2.17. The molecule has 3 N–H and O–H groups in total. The Morgan fingerprint density at radius 3 is 2.42 bits per heavy atom. The molecule has 0 aromatic heterocycles. The Bertz CT molecular complexity index is 512. The molecule has 1 aromatic rings. The van der Waals surface area contributed by atoms with Crippen molar-refractivity contribution in [3.8, 4) is 0 Å². The Morgan fingerprint density at radius 1 is 1.17 bits per heavy atom.